The van der Waals surface area contributed by atoms with E-state index in [1.165, 1.54) is 0 Å². The molecule has 0 spiro atoms. The Hall–Kier alpha value is -1.95. The molecule has 0 saturated carbocycles. The Morgan fingerprint density at radius 3 is 3.21 bits per heavy atom. The number of pyridine rings is 1. The molecule has 1 unspecified atom stereocenters. The van der Waals surface area contributed by atoms with E-state index in [2.05, 4.69) is 20.4 Å². The van der Waals surface area contributed by atoms with Crippen molar-refractivity contribution >= 4 is 0 Å². The molecule has 1 N–H and O–H groups in total. The van der Waals surface area contributed by atoms with Crippen molar-refractivity contribution < 1.29 is 9.26 Å². The maximum atomic E-state index is 5.34. The van der Waals surface area contributed by atoms with Crippen LogP contribution in [0.5, 0.6) is 5.88 Å². The van der Waals surface area contributed by atoms with Gasteiger partial charge in [-0.15, -0.1) is 0 Å². The third-order valence-electron chi connectivity index (χ3n) is 3.30. The minimum atomic E-state index is 0.328. The summed E-state index contributed by atoms with van der Waals surface area (Å²) in [5.74, 6) is 2.05. The lowest BCUT2D eigenvalue weighted by molar-refractivity contribution is 0.383. The molecule has 0 aromatic carbocycles. The molecule has 3 rings (SSSR count). The molecule has 0 aliphatic carbocycles. The van der Waals surface area contributed by atoms with Crippen molar-refractivity contribution in [2.45, 2.75) is 18.8 Å². The number of nitrogens with one attached hydrogen (secondary N) is 1. The van der Waals surface area contributed by atoms with Gasteiger partial charge in [0.15, 0.2) is 5.82 Å². The highest BCUT2D eigenvalue weighted by molar-refractivity contribution is 5.59. The van der Waals surface area contributed by atoms with Gasteiger partial charge in [-0.05, 0) is 31.5 Å². The van der Waals surface area contributed by atoms with Crippen molar-refractivity contribution in [3.8, 4) is 17.3 Å². The molecular weight excluding hydrogens is 244 g/mol. The van der Waals surface area contributed by atoms with Gasteiger partial charge < -0.3 is 14.6 Å². The topological polar surface area (TPSA) is 73.1 Å². The van der Waals surface area contributed by atoms with Gasteiger partial charge in [0.2, 0.25) is 5.88 Å². The predicted molar refractivity (Wildman–Crippen MR) is 68.9 cm³/mol. The van der Waals surface area contributed by atoms with Crippen LogP contribution in [-0.4, -0.2) is 35.3 Å². The monoisotopic (exact) mass is 260 g/mol. The molecule has 2 aromatic heterocycles. The first-order chi connectivity index (χ1) is 9.38. The van der Waals surface area contributed by atoms with E-state index in [1.807, 2.05) is 12.1 Å². The molecule has 1 atom stereocenters. The van der Waals surface area contributed by atoms with Crippen molar-refractivity contribution in [3.05, 3.63) is 24.2 Å². The van der Waals surface area contributed by atoms with E-state index in [4.69, 9.17) is 9.26 Å². The number of rotatable bonds is 3. The van der Waals surface area contributed by atoms with Crippen LogP contribution in [0.2, 0.25) is 0 Å². The smallest absolute Gasteiger partial charge is 0.263 e. The molecule has 100 valence electrons. The lowest BCUT2D eigenvalue weighted by Gasteiger charge is -2.19. The van der Waals surface area contributed by atoms with Crippen LogP contribution >= 0.6 is 0 Å². The zero-order valence-corrected chi connectivity index (χ0v) is 10.8. The molecule has 1 saturated heterocycles. The number of aromatic nitrogens is 3. The predicted octanol–water partition coefficient (Wildman–Crippen LogP) is 1.61. The number of piperidine rings is 1. The average Bonchev–Trinajstić information content (AvgIpc) is 2.98. The summed E-state index contributed by atoms with van der Waals surface area (Å²) in [6.45, 7) is 1.97. The second-order valence-electron chi connectivity index (χ2n) is 4.56. The fourth-order valence-electron chi connectivity index (χ4n) is 2.30. The van der Waals surface area contributed by atoms with E-state index in [1.54, 1.807) is 13.3 Å². The zero-order chi connectivity index (χ0) is 13.1. The third kappa shape index (κ3) is 2.44. The van der Waals surface area contributed by atoms with E-state index < -0.39 is 0 Å². The highest BCUT2D eigenvalue weighted by Crippen LogP contribution is 2.28. The largest absolute Gasteiger partial charge is 0.480 e. The van der Waals surface area contributed by atoms with Gasteiger partial charge in [0.05, 0.1) is 7.11 Å². The van der Waals surface area contributed by atoms with Gasteiger partial charge in [0.25, 0.3) is 5.89 Å². The van der Waals surface area contributed by atoms with Crippen LogP contribution in [0.4, 0.5) is 0 Å². The summed E-state index contributed by atoms with van der Waals surface area (Å²) in [6.07, 6.45) is 3.91. The Morgan fingerprint density at radius 2 is 2.42 bits per heavy atom. The van der Waals surface area contributed by atoms with Crippen LogP contribution in [0.1, 0.15) is 24.6 Å². The number of nitrogens with zero attached hydrogens (tertiary/aromatic N) is 3. The number of hydrogen-bond acceptors (Lipinski definition) is 6. The first kappa shape index (κ1) is 12.1. The van der Waals surface area contributed by atoms with Gasteiger partial charge in [-0.1, -0.05) is 5.16 Å². The van der Waals surface area contributed by atoms with Gasteiger partial charge in [-0.3, -0.25) is 0 Å². The maximum absolute atomic E-state index is 5.34. The van der Waals surface area contributed by atoms with Crippen molar-refractivity contribution in [1.29, 1.82) is 0 Å². The minimum Gasteiger partial charge on any atom is -0.480 e. The molecule has 0 radical (unpaired) electrons. The molecule has 1 aliphatic rings. The molecule has 6 heteroatoms. The summed E-state index contributed by atoms with van der Waals surface area (Å²) in [6, 6.07) is 3.69. The summed E-state index contributed by atoms with van der Waals surface area (Å²) in [4.78, 5) is 8.61. The quantitative estimate of drug-likeness (QED) is 0.903. The number of hydrogen-bond donors (Lipinski definition) is 1. The van der Waals surface area contributed by atoms with Crippen LogP contribution in [0.3, 0.4) is 0 Å². The fourth-order valence-corrected chi connectivity index (χ4v) is 2.30. The molecule has 19 heavy (non-hydrogen) atoms. The van der Waals surface area contributed by atoms with Crippen LogP contribution in [-0.2, 0) is 0 Å². The Kier molecular flexibility index (Phi) is 3.41. The van der Waals surface area contributed by atoms with Crippen molar-refractivity contribution in [1.82, 2.24) is 20.4 Å². The van der Waals surface area contributed by atoms with Crippen molar-refractivity contribution in [2.75, 3.05) is 20.2 Å². The van der Waals surface area contributed by atoms with Gasteiger partial charge in [0.1, 0.15) is 5.56 Å². The number of ether oxygens (including phenoxy) is 1. The highest BCUT2D eigenvalue weighted by Gasteiger charge is 2.22. The standard InChI is InChI=1S/C13H16N4O2/c1-18-12-10(5-3-7-15-12)13-16-11(17-19-13)9-4-2-6-14-8-9/h3,5,7,9,14H,2,4,6,8H2,1H3. The Labute approximate surface area is 111 Å². The van der Waals surface area contributed by atoms with Crippen molar-refractivity contribution in [2.24, 2.45) is 0 Å². The van der Waals surface area contributed by atoms with Crippen LogP contribution in [0, 0.1) is 0 Å². The van der Waals surface area contributed by atoms with Crippen LogP contribution < -0.4 is 10.1 Å². The normalized spacial score (nSPS) is 19.3. The Bertz CT molecular complexity index is 549. The Balaban J connectivity index is 1.88. The molecular formula is C13H16N4O2. The second-order valence-corrected chi connectivity index (χ2v) is 4.56. The SMILES string of the molecule is COc1ncccc1-c1nc(C2CCCNC2)no1. The second kappa shape index (κ2) is 5.36. The highest BCUT2D eigenvalue weighted by atomic mass is 16.5. The first-order valence-electron chi connectivity index (χ1n) is 6.42. The van der Waals surface area contributed by atoms with Gasteiger partial charge >= 0.3 is 0 Å². The van der Waals surface area contributed by atoms with E-state index in [0.717, 1.165) is 37.3 Å². The molecule has 6 nitrogen and oxygen atoms in total. The summed E-state index contributed by atoms with van der Waals surface area (Å²) in [5.41, 5.74) is 0.729. The average molecular weight is 260 g/mol. The first-order valence-corrected chi connectivity index (χ1v) is 6.42. The van der Waals surface area contributed by atoms with Crippen LogP contribution in [0.15, 0.2) is 22.9 Å². The molecule has 3 heterocycles. The summed E-state index contributed by atoms with van der Waals surface area (Å²) in [5, 5.41) is 7.43. The third-order valence-corrected chi connectivity index (χ3v) is 3.30. The summed E-state index contributed by atoms with van der Waals surface area (Å²) < 4.78 is 10.5. The molecule has 2 aromatic rings. The molecule has 1 aliphatic heterocycles. The van der Waals surface area contributed by atoms with Gasteiger partial charge in [-0.2, -0.15) is 4.98 Å². The molecule has 0 amide bonds. The molecule has 1 fully saturated rings. The Morgan fingerprint density at radius 1 is 1.47 bits per heavy atom. The lowest BCUT2D eigenvalue weighted by Crippen LogP contribution is -2.28. The van der Waals surface area contributed by atoms with E-state index in [-0.39, 0.29) is 0 Å². The number of methoxy groups -OCH3 is 1. The lowest BCUT2D eigenvalue weighted by atomic mass is 9.99. The fraction of sp³-hybridized carbons (Fsp3) is 0.462. The van der Waals surface area contributed by atoms with E-state index in [0.29, 0.717) is 17.7 Å². The van der Waals surface area contributed by atoms with E-state index >= 15 is 0 Å². The minimum absolute atomic E-state index is 0.328. The molecule has 0 bridgehead atoms. The summed E-state index contributed by atoms with van der Waals surface area (Å²) in [7, 11) is 1.58. The van der Waals surface area contributed by atoms with Gasteiger partial charge in [-0.25, -0.2) is 4.98 Å². The van der Waals surface area contributed by atoms with Crippen LogP contribution in [0.25, 0.3) is 11.5 Å². The summed E-state index contributed by atoms with van der Waals surface area (Å²) >= 11 is 0. The van der Waals surface area contributed by atoms with Gasteiger partial charge in [0, 0.05) is 18.7 Å². The van der Waals surface area contributed by atoms with Crippen molar-refractivity contribution in [3.63, 3.8) is 0 Å². The maximum Gasteiger partial charge on any atom is 0.263 e. The van der Waals surface area contributed by atoms with E-state index in [9.17, 15) is 0 Å². The zero-order valence-electron chi connectivity index (χ0n) is 10.8.